The van der Waals surface area contributed by atoms with Crippen molar-refractivity contribution in [2.75, 3.05) is 13.7 Å². The number of rotatable bonds is 11. The van der Waals surface area contributed by atoms with Crippen LogP contribution in [0.25, 0.3) is 10.9 Å². The minimum absolute atomic E-state index is 0.0931. The fraction of sp³-hybridized carbons (Fsp3) is 0.393. The molecule has 2 heterocycles. The molecule has 0 aliphatic rings. The summed E-state index contributed by atoms with van der Waals surface area (Å²) in [6.45, 7) is 8.80. The molecule has 1 N–H and O–H groups in total. The predicted octanol–water partition coefficient (Wildman–Crippen LogP) is 3.86. The molecule has 0 aliphatic carbocycles. The first-order chi connectivity index (χ1) is 18.4. The number of ether oxygens (including phenoxy) is 2. The van der Waals surface area contributed by atoms with Crippen molar-refractivity contribution < 1.29 is 14.3 Å². The van der Waals surface area contributed by atoms with E-state index in [-0.39, 0.29) is 24.8 Å². The summed E-state index contributed by atoms with van der Waals surface area (Å²) in [6.07, 6.45) is 0.641. The maximum Gasteiger partial charge on any atom is 0.327 e. The van der Waals surface area contributed by atoms with Gasteiger partial charge in [-0.3, -0.25) is 14.5 Å². The zero-order chi connectivity index (χ0) is 27.2. The molecule has 4 rings (SSSR count). The maximum absolute atomic E-state index is 13.3. The lowest BCUT2D eigenvalue weighted by molar-refractivity contribution is -0.144. The van der Waals surface area contributed by atoms with Crippen molar-refractivity contribution in [3.05, 3.63) is 80.9 Å². The van der Waals surface area contributed by atoms with Gasteiger partial charge in [-0.05, 0) is 60.9 Å². The minimum Gasteiger partial charge on any atom is -0.496 e. The Balaban J connectivity index is 1.78. The lowest BCUT2D eigenvalue weighted by Gasteiger charge is -2.30. The van der Waals surface area contributed by atoms with Gasteiger partial charge in [-0.25, -0.2) is 4.68 Å². The van der Waals surface area contributed by atoms with Crippen LogP contribution in [0, 0.1) is 13.8 Å². The summed E-state index contributed by atoms with van der Waals surface area (Å²) in [5, 5.41) is 13.2. The summed E-state index contributed by atoms with van der Waals surface area (Å²) < 4.78 is 12.2. The number of carbonyl (C=O) groups excluding carboxylic acids is 1. The van der Waals surface area contributed by atoms with Crippen molar-refractivity contribution >= 4 is 16.9 Å². The molecule has 2 aromatic heterocycles. The van der Waals surface area contributed by atoms with E-state index in [1.165, 1.54) is 4.68 Å². The number of benzene rings is 2. The highest BCUT2D eigenvalue weighted by Crippen LogP contribution is 2.29. The van der Waals surface area contributed by atoms with E-state index in [1.807, 2.05) is 57.2 Å². The lowest BCUT2D eigenvalue weighted by atomic mass is 10.0. The lowest BCUT2D eigenvalue weighted by Crippen LogP contribution is -2.33. The number of tetrazole rings is 1. The van der Waals surface area contributed by atoms with E-state index in [2.05, 4.69) is 31.5 Å². The van der Waals surface area contributed by atoms with Gasteiger partial charge in [0, 0.05) is 29.6 Å². The van der Waals surface area contributed by atoms with Crippen molar-refractivity contribution in [3.63, 3.8) is 0 Å². The molecule has 0 saturated carbocycles. The molecule has 0 spiro atoms. The number of methoxy groups -OCH3 is 1. The Morgan fingerprint density at radius 1 is 1.08 bits per heavy atom. The number of esters is 1. The quantitative estimate of drug-likeness (QED) is 0.298. The van der Waals surface area contributed by atoms with Crippen molar-refractivity contribution in [2.24, 2.45) is 0 Å². The summed E-state index contributed by atoms with van der Waals surface area (Å²) in [6, 6.07) is 13.5. The molecular formula is C28H34N6O4. The fourth-order valence-electron chi connectivity index (χ4n) is 4.78. The molecule has 1 atom stereocenters. The Morgan fingerprint density at radius 3 is 2.55 bits per heavy atom. The number of carbonyl (C=O) groups is 1. The average molecular weight is 519 g/mol. The molecule has 0 radical (unpaired) electrons. The summed E-state index contributed by atoms with van der Waals surface area (Å²) in [5.74, 6) is 0.862. The molecule has 0 saturated heterocycles. The number of fused-ring (bicyclic) bond motifs is 1. The Hall–Kier alpha value is -4.05. The standard InChI is InChI=1S/C28H34N6O4/c1-6-23(27-30-31-32-34(27)17-25(35)38-7-2)33(15-20-10-8-9-11-24(20)37-5)16-21-14-22-18(3)12-13-19(4)26(22)29-28(21)36/h8-14,23H,6-7,15-17H2,1-5H3,(H,29,36)/t23-/m0/s1. The molecule has 10 nitrogen and oxygen atoms in total. The number of para-hydroxylation sites is 1. The normalized spacial score (nSPS) is 12.2. The Bertz CT molecular complexity index is 1480. The molecule has 0 amide bonds. The van der Waals surface area contributed by atoms with Crippen LogP contribution in [-0.4, -0.2) is 49.8 Å². The van der Waals surface area contributed by atoms with Gasteiger partial charge in [0.05, 0.1) is 25.3 Å². The monoisotopic (exact) mass is 518 g/mol. The number of nitrogens with zero attached hydrogens (tertiary/aromatic N) is 5. The predicted molar refractivity (Wildman–Crippen MR) is 144 cm³/mol. The summed E-state index contributed by atoms with van der Waals surface area (Å²) in [4.78, 5) is 30.7. The van der Waals surface area contributed by atoms with E-state index in [4.69, 9.17) is 9.47 Å². The highest BCUT2D eigenvalue weighted by molar-refractivity contribution is 5.85. The average Bonchev–Trinajstić information content (AvgIpc) is 3.35. The first-order valence-electron chi connectivity index (χ1n) is 12.8. The van der Waals surface area contributed by atoms with Crippen LogP contribution in [0.3, 0.4) is 0 Å². The Kier molecular flexibility index (Phi) is 8.52. The van der Waals surface area contributed by atoms with Crippen molar-refractivity contribution in [1.82, 2.24) is 30.1 Å². The zero-order valence-corrected chi connectivity index (χ0v) is 22.5. The molecule has 38 heavy (non-hydrogen) atoms. The van der Waals surface area contributed by atoms with Crippen LogP contribution >= 0.6 is 0 Å². The molecule has 0 unspecified atom stereocenters. The van der Waals surface area contributed by atoms with Crippen LogP contribution in [0.1, 0.15) is 54.4 Å². The molecule has 200 valence electrons. The number of aryl methyl sites for hydroxylation is 2. The zero-order valence-electron chi connectivity index (χ0n) is 22.5. The molecule has 4 aromatic rings. The third kappa shape index (κ3) is 5.75. The summed E-state index contributed by atoms with van der Waals surface area (Å²) in [5.41, 5.74) is 4.40. The van der Waals surface area contributed by atoms with Crippen LogP contribution in [0.15, 0.2) is 47.3 Å². The van der Waals surface area contributed by atoms with Gasteiger partial charge in [-0.15, -0.1) is 5.10 Å². The molecule has 0 fully saturated rings. The van der Waals surface area contributed by atoms with Crippen molar-refractivity contribution in [1.29, 1.82) is 0 Å². The third-order valence-electron chi connectivity index (χ3n) is 6.73. The van der Waals surface area contributed by atoms with Gasteiger partial charge in [0.25, 0.3) is 5.56 Å². The fourth-order valence-corrected chi connectivity index (χ4v) is 4.78. The van der Waals surface area contributed by atoms with Crippen LogP contribution in [0.4, 0.5) is 0 Å². The number of hydrogen-bond donors (Lipinski definition) is 1. The van der Waals surface area contributed by atoms with Gasteiger partial charge in [-0.2, -0.15) is 0 Å². The Morgan fingerprint density at radius 2 is 1.82 bits per heavy atom. The highest BCUT2D eigenvalue weighted by atomic mass is 16.5. The molecular weight excluding hydrogens is 484 g/mol. The number of nitrogens with one attached hydrogen (secondary N) is 1. The van der Waals surface area contributed by atoms with E-state index < -0.39 is 5.97 Å². The van der Waals surface area contributed by atoms with Gasteiger partial charge in [0.2, 0.25) is 0 Å². The molecule has 10 heteroatoms. The van der Waals surface area contributed by atoms with Gasteiger partial charge in [0.1, 0.15) is 12.3 Å². The SMILES string of the molecule is CCOC(=O)Cn1nnnc1[C@H](CC)N(Cc1ccccc1OC)Cc1cc2c(C)ccc(C)c2[nH]c1=O. The van der Waals surface area contributed by atoms with E-state index in [9.17, 15) is 9.59 Å². The summed E-state index contributed by atoms with van der Waals surface area (Å²) in [7, 11) is 1.64. The largest absolute Gasteiger partial charge is 0.496 e. The van der Waals surface area contributed by atoms with Crippen molar-refractivity contribution in [3.8, 4) is 5.75 Å². The smallest absolute Gasteiger partial charge is 0.327 e. The summed E-state index contributed by atoms with van der Waals surface area (Å²) >= 11 is 0. The number of pyridine rings is 1. The number of aromatic amines is 1. The highest BCUT2D eigenvalue weighted by Gasteiger charge is 2.27. The number of H-pyrrole nitrogens is 1. The number of aromatic nitrogens is 5. The van der Waals surface area contributed by atoms with Crippen LogP contribution < -0.4 is 10.3 Å². The van der Waals surface area contributed by atoms with Crippen molar-refractivity contribution in [2.45, 2.75) is 59.8 Å². The second kappa shape index (κ2) is 12.0. The first-order valence-corrected chi connectivity index (χ1v) is 12.8. The second-order valence-electron chi connectivity index (χ2n) is 9.25. The van der Waals surface area contributed by atoms with Crippen LogP contribution in [-0.2, 0) is 29.2 Å². The molecule has 0 aliphatic heterocycles. The van der Waals surface area contributed by atoms with Gasteiger partial charge in [-0.1, -0.05) is 37.3 Å². The van der Waals surface area contributed by atoms with E-state index in [1.54, 1.807) is 14.0 Å². The van der Waals surface area contributed by atoms with Crippen LogP contribution in [0.2, 0.25) is 0 Å². The van der Waals surface area contributed by atoms with Gasteiger partial charge >= 0.3 is 5.97 Å². The van der Waals surface area contributed by atoms with Crippen LogP contribution in [0.5, 0.6) is 5.75 Å². The first kappa shape index (κ1) is 27.0. The molecule has 0 bridgehead atoms. The Labute approximate surface area is 221 Å². The van der Waals surface area contributed by atoms with E-state index in [0.717, 1.165) is 33.3 Å². The maximum atomic E-state index is 13.3. The van der Waals surface area contributed by atoms with Gasteiger partial charge in [0.15, 0.2) is 5.82 Å². The minimum atomic E-state index is -0.413. The van der Waals surface area contributed by atoms with E-state index in [0.29, 0.717) is 30.9 Å². The number of hydrogen-bond acceptors (Lipinski definition) is 8. The molecule has 2 aromatic carbocycles. The topological polar surface area (TPSA) is 115 Å². The van der Waals surface area contributed by atoms with E-state index >= 15 is 0 Å². The second-order valence-corrected chi connectivity index (χ2v) is 9.25. The van der Waals surface area contributed by atoms with Gasteiger partial charge < -0.3 is 14.5 Å². The third-order valence-corrected chi connectivity index (χ3v) is 6.73.